The van der Waals surface area contributed by atoms with Gasteiger partial charge in [-0.3, -0.25) is 0 Å². The number of ether oxygens (including phenoxy) is 2. The quantitative estimate of drug-likeness (QED) is 0.640. The van der Waals surface area contributed by atoms with E-state index in [2.05, 4.69) is 0 Å². The number of rotatable bonds is 8. The molecule has 0 heterocycles. The van der Waals surface area contributed by atoms with Gasteiger partial charge >= 0.3 is 11.9 Å². The molecule has 1 rings (SSSR count). The summed E-state index contributed by atoms with van der Waals surface area (Å²) in [6, 6.07) is 0. The maximum absolute atomic E-state index is 12.3. The number of allylic oxidation sites excluding steroid dienone is 2. The molecule has 1 aliphatic carbocycles. The van der Waals surface area contributed by atoms with E-state index in [0.29, 0.717) is 24.0 Å². The van der Waals surface area contributed by atoms with E-state index in [9.17, 15) is 19.8 Å². The summed E-state index contributed by atoms with van der Waals surface area (Å²) >= 11 is 0. The Morgan fingerprint density at radius 3 is 1.50 bits per heavy atom. The van der Waals surface area contributed by atoms with E-state index in [1.807, 2.05) is 27.7 Å². The molecule has 148 valence electrons. The molecule has 2 N–H and O–H groups in total. The summed E-state index contributed by atoms with van der Waals surface area (Å²) < 4.78 is 10.6. The highest BCUT2D eigenvalue weighted by Crippen LogP contribution is 2.22. The van der Waals surface area contributed by atoms with Crippen LogP contribution in [0.4, 0.5) is 0 Å². The summed E-state index contributed by atoms with van der Waals surface area (Å²) in [7, 11) is 0. The van der Waals surface area contributed by atoms with Crippen LogP contribution in [0, 0.1) is 10.8 Å². The second-order valence-corrected chi connectivity index (χ2v) is 8.39. The van der Waals surface area contributed by atoms with Crippen LogP contribution in [-0.4, -0.2) is 48.6 Å². The molecule has 1 aliphatic rings. The van der Waals surface area contributed by atoms with Crippen LogP contribution >= 0.6 is 0 Å². The van der Waals surface area contributed by atoms with Gasteiger partial charge in [0, 0.05) is 22.0 Å². The Labute approximate surface area is 155 Å². The van der Waals surface area contributed by atoms with Crippen molar-refractivity contribution >= 4 is 11.9 Å². The lowest BCUT2D eigenvalue weighted by atomic mass is 9.96. The summed E-state index contributed by atoms with van der Waals surface area (Å²) in [6.07, 6.45) is 5.99. The number of hydrogen-bond donors (Lipinski definition) is 2. The Morgan fingerprint density at radius 2 is 1.19 bits per heavy atom. The van der Waals surface area contributed by atoms with E-state index in [0.717, 1.165) is 12.8 Å². The maximum Gasteiger partial charge on any atom is 0.334 e. The summed E-state index contributed by atoms with van der Waals surface area (Å²) in [5, 5.41) is 18.5. The molecular weight excluding hydrogens is 336 g/mol. The summed E-state index contributed by atoms with van der Waals surface area (Å²) in [4.78, 5) is 24.5. The van der Waals surface area contributed by atoms with Gasteiger partial charge in [0.1, 0.15) is 0 Å². The van der Waals surface area contributed by atoms with Crippen molar-refractivity contribution in [3.63, 3.8) is 0 Å². The minimum atomic E-state index is -0.484. The molecule has 0 spiro atoms. The maximum atomic E-state index is 12.3. The van der Waals surface area contributed by atoms with E-state index >= 15 is 0 Å². The van der Waals surface area contributed by atoms with Gasteiger partial charge in [0.2, 0.25) is 0 Å². The van der Waals surface area contributed by atoms with Crippen LogP contribution in [-0.2, 0) is 19.1 Å². The third kappa shape index (κ3) is 7.70. The molecule has 6 heteroatoms. The van der Waals surface area contributed by atoms with Gasteiger partial charge in [-0.15, -0.1) is 0 Å². The molecule has 0 unspecified atom stereocenters. The Balaban J connectivity index is 2.75. The minimum Gasteiger partial charge on any atom is -0.462 e. The summed E-state index contributed by atoms with van der Waals surface area (Å²) in [5.41, 5.74) is 0.0588. The molecule has 0 aromatic heterocycles. The van der Waals surface area contributed by atoms with Crippen LogP contribution in [0.1, 0.15) is 53.4 Å². The van der Waals surface area contributed by atoms with Crippen molar-refractivity contribution in [2.75, 3.05) is 26.4 Å². The van der Waals surface area contributed by atoms with Crippen molar-refractivity contribution in [3.05, 3.63) is 23.3 Å². The molecule has 0 bridgehead atoms. The van der Waals surface area contributed by atoms with Gasteiger partial charge in [-0.2, -0.15) is 0 Å². The van der Waals surface area contributed by atoms with Gasteiger partial charge < -0.3 is 19.7 Å². The zero-order valence-electron chi connectivity index (χ0n) is 16.3. The highest BCUT2D eigenvalue weighted by Gasteiger charge is 2.23. The van der Waals surface area contributed by atoms with E-state index < -0.39 is 22.8 Å². The topological polar surface area (TPSA) is 93.1 Å². The fourth-order valence-corrected chi connectivity index (χ4v) is 2.14. The molecular formula is C20H32O6. The minimum absolute atomic E-state index is 0.0700. The number of hydrogen-bond acceptors (Lipinski definition) is 6. The van der Waals surface area contributed by atoms with Crippen LogP contribution in [0.5, 0.6) is 0 Å². The predicted octanol–water partition coefficient (Wildman–Crippen LogP) is 2.54. The van der Waals surface area contributed by atoms with Gasteiger partial charge in [0.15, 0.2) is 0 Å². The van der Waals surface area contributed by atoms with E-state index in [-0.39, 0.29) is 26.4 Å². The normalized spacial score (nSPS) is 20.1. The summed E-state index contributed by atoms with van der Waals surface area (Å²) in [6.45, 7) is 7.38. The van der Waals surface area contributed by atoms with Crippen molar-refractivity contribution in [1.29, 1.82) is 0 Å². The van der Waals surface area contributed by atoms with Crippen molar-refractivity contribution in [2.45, 2.75) is 53.4 Å². The SMILES string of the molecule is CC(C)(CO)COC(=O)/C1=C\C=C(/C(=O)OCC(C)(C)CO)CCCC1. The molecule has 0 fully saturated rings. The van der Waals surface area contributed by atoms with Crippen LogP contribution in [0.25, 0.3) is 0 Å². The summed E-state index contributed by atoms with van der Waals surface area (Å²) in [5.74, 6) is -0.836. The molecule has 0 amide bonds. The lowest BCUT2D eigenvalue weighted by Gasteiger charge is -2.22. The molecule has 0 aromatic rings. The molecule has 0 saturated heterocycles. The lowest BCUT2D eigenvalue weighted by Crippen LogP contribution is -2.26. The van der Waals surface area contributed by atoms with Crippen molar-refractivity contribution in [2.24, 2.45) is 10.8 Å². The van der Waals surface area contributed by atoms with Gasteiger partial charge in [0.05, 0.1) is 26.4 Å². The first-order valence-electron chi connectivity index (χ1n) is 9.06. The van der Waals surface area contributed by atoms with E-state index in [1.54, 1.807) is 12.2 Å². The monoisotopic (exact) mass is 368 g/mol. The van der Waals surface area contributed by atoms with Crippen molar-refractivity contribution in [1.82, 2.24) is 0 Å². The molecule has 0 aliphatic heterocycles. The molecule has 0 saturated carbocycles. The zero-order chi connectivity index (χ0) is 19.8. The van der Waals surface area contributed by atoms with Gasteiger partial charge in [0.25, 0.3) is 0 Å². The molecule has 0 atom stereocenters. The van der Waals surface area contributed by atoms with Crippen molar-refractivity contribution in [3.8, 4) is 0 Å². The first-order chi connectivity index (χ1) is 12.1. The largest absolute Gasteiger partial charge is 0.462 e. The fourth-order valence-electron chi connectivity index (χ4n) is 2.14. The highest BCUT2D eigenvalue weighted by atomic mass is 16.5. The van der Waals surface area contributed by atoms with Crippen LogP contribution < -0.4 is 0 Å². The Kier molecular flexibility index (Phi) is 8.50. The van der Waals surface area contributed by atoms with Gasteiger partial charge in [-0.1, -0.05) is 39.8 Å². The predicted molar refractivity (Wildman–Crippen MR) is 98.3 cm³/mol. The molecule has 6 nitrogen and oxygen atoms in total. The third-order valence-corrected chi connectivity index (χ3v) is 4.20. The van der Waals surface area contributed by atoms with Crippen molar-refractivity contribution < 1.29 is 29.3 Å². The number of aliphatic hydroxyl groups is 2. The van der Waals surface area contributed by atoms with E-state index in [4.69, 9.17) is 9.47 Å². The van der Waals surface area contributed by atoms with Crippen LogP contribution in [0.15, 0.2) is 23.3 Å². The molecule has 0 radical (unpaired) electrons. The average molecular weight is 368 g/mol. The molecule has 26 heavy (non-hydrogen) atoms. The second kappa shape index (κ2) is 9.88. The first-order valence-corrected chi connectivity index (χ1v) is 9.06. The van der Waals surface area contributed by atoms with Gasteiger partial charge in [-0.05, 0) is 25.7 Å². The molecule has 0 aromatic carbocycles. The number of carbonyl (C=O) groups excluding carboxylic acids is 2. The Morgan fingerprint density at radius 1 is 0.846 bits per heavy atom. The smallest absolute Gasteiger partial charge is 0.334 e. The fraction of sp³-hybridized carbons (Fsp3) is 0.700. The number of aliphatic hydroxyl groups excluding tert-OH is 2. The second-order valence-electron chi connectivity index (χ2n) is 8.39. The number of carbonyl (C=O) groups is 2. The lowest BCUT2D eigenvalue weighted by molar-refractivity contribution is -0.144. The zero-order valence-corrected chi connectivity index (χ0v) is 16.3. The van der Waals surface area contributed by atoms with Gasteiger partial charge in [-0.25, -0.2) is 9.59 Å². The van der Waals surface area contributed by atoms with Crippen LogP contribution in [0.2, 0.25) is 0 Å². The first kappa shape index (κ1) is 22.4. The third-order valence-electron chi connectivity index (χ3n) is 4.20. The van der Waals surface area contributed by atoms with Crippen LogP contribution in [0.3, 0.4) is 0 Å². The average Bonchev–Trinajstić information content (AvgIpc) is 2.58. The number of esters is 2. The van der Waals surface area contributed by atoms with E-state index in [1.165, 1.54) is 0 Å². The Bertz CT molecular complexity index is 507. The standard InChI is InChI=1S/C20H32O6/c1-19(2,11-21)13-25-17(23)15-7-5-6-8-16(10-9-15)18(24)26-14-20(3,4)12-22/h9-10,21-22H,5-8,11-14H2,1-4H3/b15-9-,16-10-. The Hall–Kier alpha value is -1.66. The highest BCUT2D eigenvalue weighted by molar-refractivity contribution is 5.91.